The Balaban J connectivity index is 2.44. The number of hydrogen-bond donors (Lipinski definition) is 1. The van der Waals surface area contributed by atoms with E-state index in [0.717, 1.165) is 13.0 Å². The first-order valence-electron chi connectivity index (χ1n) is 4.57. The second kappa shape index (κ2) is 4.64. The van der Waals surface area contributed by atoms with Crippen LogP contribution in [0.25, 0.3) is 0 Å². The third kappa shape index (κ3) is 2.89. The normalized spacial score (nSPS) is 10.2. The number of rotatable bonds is 5. The second-order valence-corrected chi connectivity index (χ2v) is 3.04. The Kier molecular flexibility index (Phi) is 3.49. The van der Waals surface area contributed by atoms with Crippen molar-refractivity contribution < 1.29 is 4.79 Å². The van der Waals surface area contributed by atoms with Crippen molar-refractivity contribution in [3.05, 3.63) is 18.0 Å². The van der Waals surface area contributed by atoms with Gasteiger partial charge in [0.25, 0.3) is 5.91 Å². The van der Waals surface area contributed by atoms with E-state index in [1.807, 2.05) is 0 Å². The third-order valence-corrected chi connectivity index (χ3v) is 1.88. The molecule has 0 aliphatic heterocycles. The second-order valence-electron chi connectivity index (χ2n) is 3.04. The summed E-state index contributed by atoms with van der Waals surface area (Å²) in [6, 6.07) is 1.65. The lowest BCUT2D eigenvalue weighted by atomic mass is 10.2. The molecule has 0 aliphatic rings. The summed E-state index contributed by atoms with van der Waals surface area (Å²) in [5.41, 5.74) is 5.41. The SMILES string of the molecule is CCCCCn1ccc(C(N)=O)n1. The number of amides is 1. The zero-order chi connectivity index (χ0) is 9.68. The molecular formula is C9H15N3O. The molecule has 0 atom stereocenters. The molecule has 4 heteroatoms. The number of aryl methyl sites for hydroxylation is 1. The number of nitrogens with two attached hydrogens (primary N) is 1. The van der Waals surface area contributed by atoms with Crippen LogP contribution in [0.4, 0.5) is 0 Å². The van der Waals surface area contributed by atoms with Crippen molar-refractivity contribution in [3.8, 4) is 0 Å². The first-order chi connectivity index (χ1) is 6.24. The molecule has 0 fully saturated rings. The quantitative estimate of drug-likeness (QED) is 0.693. The molecule has 0 bridgehead atoms. The van der Waals surface area contributed by atoms with Crippen molar-refractivity contribution >= 4 is 5.91 Å². The fraction of sp³-hybridized carbons (Fsp3) is 0.556. The Morgan fingerprint density at radius 3 is 2.92 bits per heavy atom. The van der Waals surface area contributed by atoms with Crippen LogP contribution in [0.3, 0.4) is 0 Å². The minimum atomic E-state index is -0.464. The molecule has 13 heavy (non-hydrogen) atoms. The first-order valence-corrected chi connectivity index (χ1v) is 4.57. The third-order valence-electron chi connectivity index (χ3n) is 1.88. The lowest BCUT2D eigenvalue weighted by Crippen LogP contribution is -2.12. The number of unbranched alkanes of at least 4 members (excludes halogenated alkanes) is 2. The van der Waals surface area contributed by atoms with Gasteiger partial charge in [0.2, 0.25) is 0 Å². The smallest absolute Gasteiger partial charge is 0.269 e. The Morgan fingerprint density at radius 1 is 1.62 bits per heavy atom. The largest absolute Gasteiger partial charge is 0.364 e. The number of primary amides is 1. The molecule has 0 radical (unpaired) electrons. The van der Waals surface area contributed by atoms with Crippen LogP contribution in [0.1, 0.15) is 36.7 Å². The fourth-order valence-corrected chi connectivity index (χ4v) is 1.14. The summed E-state index contributed by atoms with van der Waals surface area (Å²) in [5.74, 6) is -0.464. The number of nitrogens with zero attached hydrogens (tertiary/aromatic N) is 2. The summed E-state index contributed by atoms with van der Waals surface area (Å²) in [5, 5.41) is 4.02. The molecule has 0 aliphatic carbocycles. The molecule has 1 rings (SSSR count). The molecule has 1 amide bonds. The average Bonchev–Trinajstić information content (AvgIpc) is 2.53. The van der Waals surface area contributed by atoms with Crippen LogP contribution in [0.15, 0.2) is 12.3 Å². The van der Waals surface area contributed by atoms with Crippen molar-refractivity contribution in [1.29, 1.82) is 0 Å². The molecule has 0 aromatic carbocycles. The highest BCUT2D eigenvalue weighted by Crippen LogP contribution is 1.99. The Labute approximate surface area is 77.7 Å². The van der Waals surface area contributed by atoms with E-state index in [4.69, 9.17) is 5.73 Å². The molecule has 0 spiro atoms. The minimum Gasteiger partial charge on any atom is -0.364 e. The van der Waals surface area contributed by atoms with E-state index in [-0.39, 0.29) is 0 Å². The van der Waals surface area contributed by atoms with Gasteiger partial charge in [0, 0.05) is 12.7 Å². The van der Waals surface area contributed by atoms with E-state index >= 15 is 0 Å². The van der Waals surface area contributed by atoms with Crippen molar-refractivity contribution in [2.24, 2.45) is 5.73 Å². The Bertz CT molecular complexity index is 280. The van der Waals surface area contributed by atoms with Crippen LogP contribution in [0.2, 0.25) is 0 Å². The zero-order valence-electron chi connectivity index (χ0n) is 7.86. The molecule has 72 valence electrons. The summed E-state index contributed by atoms with van der Waals surface area (Å²) in [6.07, 6.45) is 5.25. The fourth-order valence-electron chi connectivity index (χ4n) is 1.14. The maximum absolute atomic E-state index is 10.7. The number of carbonyl (C=O) groups is 1. The van der Waals surface area contributed by atoms with Crippen molar-refractivity contribution in [2.45, 2.75) is 32.7 Å². The van der Waals surface area contributed by atoms with Crippen LogP contribution in [0, 0.1) is 0 Å². The Hall–Kier alpha value is -1.32. The summed E-state index contributed by atoms with van der Waals surface area (Å²) < 4.78 is 1.76. The first kappa shape index (κ1) is 9.77. The van der Waals surface area contributed by atoms with Gasteiger partial charge in [-0.1, -0.05) is 19.8 Å². The highest BCUT2D eigenvalue weighted by molar-refractivity contribution is 5.90. The van der Waals surface area contributed by atoms with Crippen LogP contribution < -0.4 is 5.73 Å². The molecule has 1 aromatic heterocycles. The molecular weight excluding hydrogens is 166 g/mol. The van der Waals surface area contributed by atoms with Crippen LogP contribution in [-0.4, -0.2) is 15.7 Å². The molecule has 0 saturated heterocycles. The van der Waals surface area contributed by atoms with Gasteiger partial charge in [-0.05, 0) is 12.5 Å². The number of carbonyl (C=O) groups excluding carboxylic acids is 1. The van der Waals surface area contributed by atoms with Gasteiger partial charge in [0.1, 0.15) is 5.69 Å². The van der Waals surface area contributed by atoms with E-state index in [1.165, 1.54) is 12.8 Å². The predicted octanol–water partition coefficient (Wildman–Crippen LogP) is 1.17. The minimum absolute atomic E-state index is 0.344. The highest BCUT2D eigenvalue weighted by atomic mass is 16.1. The molecule has 1 heterocycles. The molecule has 1 aromatic rings. The van der Waals surface area contributed by atoms with Gasteiger partial charge in [-0.25, -0.2) is 0 Å². The van der Waals surface area contributed by atoms with Gasteiger partial charge < -0.3 is 5.73 Å². The van der Waals surface area contributed by atoms with Gasteiger partial charge in [-0.15, -0.1) is 0 Å². The molecule has 4 nitrogen and oxygen atoms in total. The summed E-state index contributed by atoms with van der Waals surface area (Å²) in [4.78, 5) is 10.7. The van der Waals surface area contributed by atoms with Gasteiger partial charge in [0.05, 0.1) is 0 Å². The van der Waals surface area contributed by atoms with Crippen LogP contribution >= 0.6 is 0 Å². The van der Waals surface area contributed by atoms with Crippen molar-refractivity contribution in [2.75, 3.05) is 0 Å². The molecule has 2 N–H and O–H groups in total. The zero-order valence-corrected chi connectivity index (χ0v) is 7.86. The van der Waals surface area contributed by atoms with Gasteiger partial charge >= 0.3 is 0 Å². The molecule has 0 saturated carbocycles. The maximum atomic E-state index is 10.7. The maximum Gasteiger partial charge on any atom is 0.269 e. The van der Waals surface area contributed by atoms with E-state index < -0.39 is 5.91 Å². The standard InChI is InChI=1S/C9H15N3O/c1-2-3-4-6-12-7-5-8(11-12)9(10)13/h5,7H,2-4,6H2,1H3,(H2,10,13). The van der Waals surface area contributed by atoms with Crippen molar-refractivity contribution in [1.82, 2.24) is 9.78 Å². The average molecular weight is 181 g/mol. The topological polar surface area (TPSA) is 60.9 Å². The summed E-state index contributed by atoms with van der Waals surface area (Å²) in [6.45, 7) is 3.01. The lowest BCUT2D eigenvalue weighted by molar-refractivity contribution is 0.0994. The van der Waals surface area contributed by atoms with Gasteiger partial charge in [-0.3, -0.25) is 9.48 Å². The molecule has 0 unspecified atom stereocenters. The highest BCUT2D eigenvalue weighted by Gasteiger charge is 2.03. The van der Waals surface area contributed by atoms with Crippen LogP contribution in [0.5, 0.6) is 0 Å². The van der Waals surface area contributed by atoms with Crippen molar-refractivity contribution in [3.63, 3.8) is 0 Å². The van der Waals surface area contributed by atoms with Gasteiger partial charge in [-0.2, -0.15) is 5.10 Å². The number of aromatic nitrogens is 2. The van der Waals surface area contributed by atoms with E-state index in [9.17, 15) is 4.79 Å². The predicted molar refractivity (Wildman–Crippen MR) is 50.3 cm³/mol. The monoisotopic (exact) mass is 181 g/mol. The number of hydrogen-bond acceptors (Lipinski definition) is 2. The van der Waals surface area contributed by atoms with E-state index in [0.29, 0.717) is 5.69 Å². The van der Waals surface area contributed by atoms with Gasteiger partial charge in [0.15, 0.2) is 0 Å². The summed E-state index contributed by atoms with van der Waals surface area (Å²) in [7, 11) is 0. The Morgan fingerprint density at radius 2 is 2.38 bits per heavy atom. The lowest BCUT2D eigenvalue weighted by Gasteiger charge is -1.98. The van der Waals surface area contributed by atoms with E-state index in [1.54, 1.807) is 16.9 Å². The van der Waals surface area contributed by atoms with Crippen LogP contribution in [-0.2, 0) is 6.54 Å². The van der Waals surface area contributed by atoms with E-state index in [2.05, 4.69) is 12.0 Å². The summed E-state index contributed by atoms with van der Waals surface area (Å²) >= 11 is 0.